The predicted octanol–water partition coefficient (Wildman–Crippen LogP) is 7.62. The van der Waals surface area contributed by atoms with Crippen molar-refractivity contribution >= 4 is 67.2 Å². The van der Waals surface area contributed by atoms with E-state index >= 15 is 0 Å². The minimum absolute atomic E-state index is 0.205. The second-order valence-electron chi connectivity index (χ2n) is 8.73. The first-order valence-electron chi connectivity index (χ1n) is 12.8. The Bertz CT molecular complexity index is 1540. The van der Waals surface area contributed by atoms with Gasteiger partial charge in [-0.25, -0.2) is 5.43 Å². The molecule has 0 saturated carbocycles. The smallest absolute Gasteiger partial charge is 0.271 e. The maximum Gasteiger partial charge on any atom is 0.271 e. The number of rotatable bonds is 12. The number of anilines is 1. The van der Waals surface area contributed by atoms with Crippen LogP contribution in [0.4, 0.5) is 5.69 Å². The van der Waals surface area contributed by atoms with Gasteiger partial charge in [-0.1, -0.05) is 41.9 Å². The Balaban J connectivity index is 1.33. The largest absolute Gasteiger partial charge is 0.490 e. The molecule has 0 aliphatic rings. The van der Waals surface area contributed by atoms with Gasteiger partial charge in [0, 0.05) is 16.3 Å². The first-order chi connectivity index (χ1) is 20.3. The van der Waals surface area contributed by atoms with E-state index in [-0.39, 0.29) is 12.5 Å². The molecule has 8 nitrogen and oxygen atoms in total. The first kappa shape index (κ1) is 31.1. The number of halogens is 3. The Hall–Kier alpha value is -3.86. The molecule has 0 radical (unpaired) electrons. The van der Waals surface area contributed by atoms with Crippen LogP contribution in [0, 0.1) is 0 Å². The summed E-state index contributed by atoms with van der Waals surface area (Å²) in [5.41, 5.74) is 5.20. The molecule has 0 fully saturated rings. The summed E-state index contributed by atoms with van der Waals surface area (Å²) in [6, 6.07) is 25.0. The SMILES string of the molecule is CCOc1cc(C(=O)N/N=C/c2cc(Br)c(OCC(=O)Nc3ccc(Cl)cc3)c(Br)c2)ccc1OCc1ccccc1. The van der Waals surface area contributed by atoms with Crippen LogP contribution in [0.25, 0.3) is 0 Å². The van der Waals surface area contributed by atoms with Gasteiger partial charge in [0.1, 0.15) is 12.4 Å². The monoisotopic (exact) mass is 713 g/mol. The highest BCUT2D eigenvalue weighted by Crippen LogP contribution is 2.34. The molecule has 4 rings (SSSR count). The van der Waals surface area contributed by atoms with Gasteiger partial charge < -0.3 is 19.5 Å². The highest BCUT2D eigenvalue weighted by Gasteiger charge is 2.13. The van der Waals surface area contributed by atoms with E-state index in [1.54, 1.807) is 54.6 Å². The summed E-state index contributed by atoms with van der Waals surface area (Å²) in [4.78, 5) is 25.0. The van der Waals surface area contributed by atoms with Crippen molar-refractivity contribution in [2.24, 2.45) is 5.10 Å². The van der Waals surface area contributed by atoms with Gasteiger partial charge in [-0.05, 0) is 105 Å². The molecule has 42 heavy (non-hydrogen) atoms. The summed E-state index contributed by atoms with van der Waals surface area (Å²) in [6.07, 6.45) is 1.49. The number of ether oxygens (including phenoxy) is 3. The van der Waals surface area contributed by atoms with Crippen LogP contribution in [0.3, 0.4) is 0 Å². The number of benzene rings is 4. The van der Waals surface area contributed by atoms with Crippen molar-refractivity contribution in [1.29, 1.82) is 0 Å². The van der Waals surface area contributed by atoms with Gasteiger partial charge in [0.25, 0.3) is 11.8 Å². The number of hydrogen-bond donors (Lipinski definition) is 2. The van der Waals surface area contributed by atoms with Crippen molar-refractivity contribution in [3.05, 3.63) is 116 Å². The van der Waals surface area contributed by atoms with Crippen LogP contribution in [0.15, 0.2) is 99.0 Å². The summed E-state index contributed by atoms with van der Waals surface area (Å²) in [5.74, 6) is 0.718. The summed E-state index contributed by atoms with van der Waals surface area (Å²) < 4.78 is 18.5. The highest BCUT2D eigenvalue weighted by atomic mass is 79.9. The Morgan fingerprint density at radius 2 is 1.60 bits per heavy atom. The number of carbonyl (C=O) groups excluding carboxylic acids is 2. The van der Waals surface area contributed by atoms with E-state index in [2.05, 4.69) is 47.7 Å². The Morgan fingerprint density at radius 1 is 0.881 bits per heavy atom. The molecule has 0 spiro atoms. The molecular weight excluding hydrogens is 690 g/mol. The Labute approximate surface area is 265 Å². The minimum Gasteiger partial charge on any atom is -0.490 e. The molecule has 2 amide bonds. The van der Waals surface area contributed by atoms with E-state index < -0.39 is 5.91 Å². The van der Waals surface area contributed by atoms with Crippen LogP contribution in [0.2, 0.25) is 5.02 Å². The van der Waals surface area contributed by atoms with Gasteiger partial charge in [-0.3, -0.25) is 9.59 Å². The van der Waals surface area contributed by atoms with Gasteiger partial charge in [-0.2, -0.15) is 5.10 Å². The lowest BCUT2D eigenvalue weighted by Gasteiger charge is -2.13. The minimum atomic E-state index is -0.411. The van der Waals surface area contributed by atoms with Crippen LogP contribution in [-0.2, 0) is 11.4 Å². The summed E-state index contributed by atoms with van der Waals surface area (Å²) in [6.45, 7) is 2.45. The number of hydrogen-bond acceptors (Lipinski definition) is 6. The third-order valence-electron chi connectivity index (χ3n) is 5.62. The normalized spacial score (nSPS) is 10.8. The molecule has 0 saturated heterocycles. The lowest BCUT2D eigenvalue weighted by Crippen LogP contribution is -2.20. The summed E-state index contributed by atoms with van der Waals surface area (Å²) in [5, 5.41) is 7.40. The number of amides is 2. The topological polar surface area (TPSA) is 98.3 Å². The van der Waals surface area contributed by atoms with Crippen molar-refractivity contribution in [3.63, 3.8) is 0 Å². The van der Waals surface area contributed by atoms with E-state index in [4.69, 9.17) is 25.8 Å². The van der Waals surface area contributed by atoms with E-state index in [0.717, 1.165) is 5.56 Å². The highest BCUT2D eigenvalue weighted by molar-refractivity contribution is 9.11. The van der Waals surface area contributed by atoms with Gasteiger partial charge in [-0.15, -0.1) is 0 Å². The molecule has 0 unspecified atom stereocenters. The summed E-state index contributed by atoms with van der Waals surface area (Å²) in [7, 11) is 0. The van der Waals surface area contributed by atoms with E-state index in [0.29, 0.717) is 61.2 Å². The molecule has 216 valence electrons. The second-order valence-corrected chi connectivity index (χ2v) is 10.9. The van der Waals surface area contributed by atoms with Gasteiger partial charge in [0.05, 0.1) is 21.8 Å². The zero-order chi connectivity index (χ0) is 29.9. The fourth-order valence-electron chi connectivity index (χ4n) is 3.66. The van der Waals surface area contributed by atoms with E-state index in [9.17, 15) is 9.59 Å². The molecule has 2 N–H and O–H groups in total. The van der Waals surface area contributed by atoms with Crippen LogP contribution in [0.5, 0.6) is 17.2 Å². The van der Waals surface area contributed by atoms with Crippen LogP contribution >= 0.6 is 43.5 Å². The fraction of sp³-hybridized carbons (Fsp3) is 0.129. The van der Waals surface area contributed by atoms with Gasteiger partial charge in [0.15, 0.2) is 18.1 Å². The second kappa shape index (κ2) is 15.4. The van der Waals surface area contributed by atoms with Crippen molar-refractivity contribution in [2.45, 2.75) is 13.5 Å². The van der Waals surface area contributed by atoms with Crippen molar-refractivity contribution in [2.75, 3.05) is 18.5 Å². The van der Waals surface area contributed by atoms with Gasteiger partial charge in [0.2, 0.25) is 0 Å². The fourth-order valence-corrected chi connectivity index (χ4v) is 5.24. The molecule has 4 aromatic rings. The quantitative estimate of drug-likeness (QED) is 0.116. The molecule has 0 heterocycles. The maximum atomic E-state index is 12.8. The molecular formula is C31H26Br2ClN3O5. The molecule has 11 heteroatoms. The average Bonchev–Trinajstić information content (AvgIpc) is 2.98. The van der Waals surface area contributed by atoms with Crippen molar-refractivity contribution < 1.29 is 23.8 Å². The number of carbonyl (C=O) groups is 2. The van der Waals surface area contributed by atoms with Crippen LogP contribution < -0.4 is 25.0 Å². The molecule has 0 aliphatic carbocycles. The van der Waals surface area contributed by atoms with Crippen molar-refractivity contribution in [1.82, 2.24) is 5.43 Å². The number of hydrazone groups is 1. The van der Waals surface area contributed by atoms with E-state index in [1.165, 1.54) is 6.21 Å². The number of nitrogens with zero attached hydrogens (tertiary/aromatic N) is 1. The standard InChI is InChI=1S/C31H26Br2ClN3O5/c1-2-40-28-16-22(8-13-27(28)41-18-20-6-4-3-5-7-20)31(39)37-35-17-21-14-25(32)30(26(33)15-21)42-19-29(38)36-24-11-9-23(34)10-12-24/h3-17H,2,18-19H2,1H3,(H,36,38)(H,37,39)/b35-17+. The summed E-state index contributed by atoms with van der Waals surface area (Å²) >= 11 is 12.8. The molecule has 0 bridgehead atoms. The third kappa shape index (κ3) is 9.07. The molecule has 4 aromatic carbocycles. The average molecular weight is 716 g/mol. The van der Waals surface area contributed by atoms with E-state index in [1.807, 2.05) is 37.3 Å². The van der Waals surface area contributed by atoms with Gasteiger partial charge >= 0.3 is 0 Å². The Morgan fingerprint density at radius 3 is 2.29 bits per heavy atom. The molecule has 0 aromatic heterocycles. The van der Waals surface area contributed by atoms with Crippen LogP contribution in [-0.4, -0.2) is 31.2 Å². The number of nitrogens with one attached hydrogen (secondary N) is 2. The molecule has 0 atom stereocenters. The zero-order valence-electron chi connectivity index (χ0n) is 22.4. The van der Waals surface area contributed by atoms with Crippen LogP contribution in [0.1, 0.15) is 28.4 Å². The zero-order valence-corrected chi connectivity index (χ0v) is 26.3. The lowest BCUT2D eigenvalue weighted by atomic mass is 10.2. The van der Waals surface area contributed by atoms with Crippen molar-refractivity contribution in [3.8, 4) is 17.2 Å². The maximum absolute atomic E-state index is 12.8. The lowest BCUT2D eigenvalue weighted by molar-refractivity contribution is -0.118. The third-order valence-corrected chi connectivity index (χ3v) is 7.05. The predicted molar refractivity (Wildman–Crippen MR) is 171 cm³/mol. The Kier molecular flexibility index (Phi) is 11.4. The molecule has 0 aliphatic heterocycles. The first-order valence-corrected chi connectivity index (χ1v) is 14.7.